The van der Waals surface area contributed by atoms with E-state index in [2.05, 4.69) is 16.8 Å². The number of fused-ring (bicyclic) bond motifs is 2. The Morgan fingerprint density at radius 2 is 1.95 bits per heavy atom. The van der Waals surface area contributed by atoms with Crippen LogP contribution in [-0.2, 0) is 6.54 Å². The smallest absolute Gasteiger partial charge is 0.273 e. The van der Waals surface area contributed by atoms with Crippen LogP contribution in [0.15, 0.2) is 46.8 Å². The average Bonchev–Trinajstić information content (AvgIpc) is 3.58. The number of piperidine rings is 2. The van der Waals surface area contributed by atoms with Crippen molar-refractivity contribution < 1.29 is 9.53 Å². The minimum atomic E-state index is -0.134. The molecule has 6 rings (SSSR count). The molecule has 6 heterocycles. The molecule has 0 N–H and O–H groups in total. The molecule has 194 valence electrons. The van der Waals surface area contributed by atoms with E-state index in [4.69, 9.17) is 9.72 Å². The number of aromatic nitrogens is 4. The number of hydrogen-bond donors (Lipinski definition) is 0. The van der Waals surface area contributed by atoms with Crippen molar-refractivity contribution in [1.29, 1.82) is 0 Å². The Kier molecular flexibility index (Phi) is 6.69. The van der Waals surface area contributed by atoms with Gasteiger partial charge < -0.3 is 14.2 Å². The number of amides is 1. The summed E-state index contributed by atoms with van der Waals surface area (Å²) in [5.74, 6) is -0.00564. The summed E-state index contributed by atoms with van der Waals surface area (Å²) < 4.78 is 9.50. The van der Waals surface area contributed by atoms with Gasteiger partial charge in [0.15, 0.2) is 0 Å². The summed E-state index contributed by atoms with van der Waals surface area (Å²) in [7, 11) is 0. The van der Waals surface area contributed by atoms with Gasteiger partial charge >= 0.3 is 0 Å². The Bertz CT molecular complexity index is 1450. The lowest BCUT2D eigenvalue weighted by atomic mass is 9.98. The van der Waals surface area contributed by atoms with E-state index in [1.807, 2.05) is 33.0 Å². The van der Waals surface area contributed by atoms with Crippen molar-refractivity contribution in [3.05, 3.63) is 58.1 Å². The molecule has 0 saturated carbocycles. The molecule has 4 aromatic rings. The van der Waals surface area contributed by atoms with Crippen LogP contribution in [0.25, 0.3) is 16.7 Å². The molecule has 0 aromatic carbocycles. The Morgan fingerprint density at radius 1 is 1.14 bits per heavy atom. The molecule has 0 atom stereocenters. The first-order chi connectivity index (χ1) is 18.1. The van der Waals surface area contributed by atoms with E-state index < -0.39 is 0 Å². The van der Waals surface area contributed by atoms with Crippen LogP contribution in [0.2, 0.25) is 0 Å². The fourth-order valence-electron chi connectivity index (χ4n) is 5.74. The number of pyridine rings is 1. The van der Waals surface area contributed by atoms with Gasteiger partial charge in [0.1, 0.15) is 23.1 Å². The van der Waals surface area contributed by atoms with Crippen molar-refractivity contribution in [3.8, 4) is 5.19 Å². The van der Waals surface area contributed by atoms with Crippen molar-refractivity contribution in [1.82, 2.24) is 28.7 Å². The predicted molar refractivity (Wildman–Crippen MR) is 144 cm³/mol. The third-order valence-electron chi connectivity index (χ3n) is 7.66. The highest BCUT2D eigenvalue weighted by molar-refractivity contribution is 7.11. The molecule has 0 unspecified atom stereocenters. The zero-order chi connectivity index (χ0) is 25.4. The number of ether oxygens (including phenoxy) is 1. The zero-order valence-electron chi connectivity index (χ0n) is 21.1. The van der Waals surface area contributed by atoms with Crippen molar-refractivity contribution in [2.45, 2.75) is 57.7 Å². The topological polar surface area (TPSA) is 85.0 Å². The number of carbonyl (C=O) groups is 1. The number of carbonyl (C=O) groups excluding carboxylic acids is 1. The minimum absolute atomic E-state index is 0.00564. The number of aryl methyl sites for hydroxylation is 1. The highest BCUT2D eigenvalue weighted by Crippen LogP contribution is 2.26. The Hall–Kier alpha value is -3.24. The first-order valence-corrected chi connectivity index (χ1v) is 14.1. The van der Waals surface area contributed by atoms with E-state index >= 15 is 0 Å². The summed E-state index contributed by atoms with van der Waals surface area (Å²) >= 11 is 1.54. The average molecular weight is 521 g/mol. The first kappa shape index (κ1) is 24.1. The number of thiazole rings is 1. The number of rotatable bonds is 6. The van der Waals surface area contributed by atoms with Crippen LogP contribution in [0.1, 0.15) is 49.5 Å². The summed E-state index contributed by atoms with van der Waals surface area (Å²) in [4.78, 5) is 40.3. The van der Waals surface area contributed by atoms with E-state index in [1.165, 1.54) is 0 Å². The summed E-state index contributed by atoms with van der Waals surface area (Å²) in [6.45, 7) is 6.20. The largest absolute Gasteiger partial charge is 0.467 e. The van der Waals surface area contributed by atoms with Crippen LogP contribution in [0, 0.1) is 0 Å². The number of hydrogen-bond acceptors (Lipinski definition) is 7. The van der Waals surface area contributed by atoms with Gasteiger partial charge in [-0.2, -0.15) is 0 Å². The van der Waals surface area contributed by atoms with E-state index in [9.17, 15) is 9.59 Å². The molecule has 10 heteroatoms. The normalized spacial score (nSPS) is 18.1. The fraction of sp³-hybridized carbons (Fsp3) is 0.481. The highest BCUT2D eigenvalue weighted by atomic mass is 32.1. The van der Waals surface area contributed by atoms with E-state index in [-0.39, 0.29) is 17.6 Å². The first-order valence-electron chi connectivity index (χ1n) is 13.2. The maximum atomic E-state index is 13.7. The second kappa shape index (κ2) is 10.3. The van der Waals surface area contributed by atoms with Crippen molar-refractivity contribution >= 4 is 33.9 Å². The molecule has 0 spiro atoms. The van der Waals surface area contributed by atoms with Crippen LogP contribution in [-0.4, -0.2) is 73.0 Å². The zero-order valence-corrected chi connectivity index (χ0v) is 21.9. The number of nitrogens with zero attached hydrogens (tertiary/aromatic N) is 6. The molecular weight excluding hydrogens is 488 g/mol. The molecule has 0 aliphatic carbocycles. The van der Waals surface area contributed by atoms with Crippen molar-refractivity contribution in [2.75, 3.05) is 26.2 Å². The standard InChI is InChI=1S/C27H32N6O3S/c1-2-11-32-22(18-21-24(32)29-23-5-3-4-12-33(23)25(21)34)26(35)31-13-6-19(7-14-31)30-15-8-20(9-16-30)36-27-28-10-17-37-27/h3-5,10,12,17-20H,2,6-9,11,13-16H2,1H3. The molecule has 0 bridgehead atoms. The molecule has 0 radical (unpaired) electrons. The van der Waals surface area contributed by atoms with Crippen LogP contribution in [0.4, 0.5) is 0 Å². The Morgan fingerprint density at radius 3 is 2.68 bits per heavy atom. The van der Waals surface area contributed by atoms with E-state index in [0.717, 1.165) is 63.5 Å². The summed E-state index contributed by atoms with van der Waals surface area (Å²) in [6.07, 6.45) is 8.53. The molecule has 37 heavy (non-hydrogen) atoms. The molecule has 4 aromatic heterocycles. The highest BCUT2D eigenvalue weighted by Gasteiger charge is 2.32. The predicted octanol–water partition coefficient (Wildman–Crippen LogP) is 3.66. The van der Waals surface area contributed by atoms with Gasteiger partial charge in [0, 0.05) is 56.5 Å². The van der Waals surface area contributed by atoms with Gasteiger partial charge in [-0.1, -0.05) is 24.3 Å². The lowest BCUT2D eigenvalue weighted by Crippen LogP contribution is -2.50. The molecular formula is C27H32N6O3S. The van der Waals surface area contributed by atoms with Crippen LogP contribution in [0.3, 0.4) is 0 Å². The van der Waals surface area contributed by atoms with Gasteiger partial charge in [0.05, 0.1) is 5.39 Å². The number of likely N-dealkylation sites (tertiary alicyclic amines) is 2. The third kappa shape index (κ3) is 4.64. The third-order valence-corrected chi connectivity index (χ3v) is 8.33. The molecule has 2 aliphatic rings. The van der Waals surface area contributed by atoms with Crippen LogP contribution in [0.5, 0.6) is 5.19 Å². The maximum Gasteiger partial charge on any atom is 0.273 e. The second-order valence-electron chi connectivity index (χ2n) is 9.94. The van der Waals surface area contributed by atoms with Crippen LogP contribution >= 0.6 is 11.3 Å². The SMILES string of the molecule is CCCn1c(C(=O)N2CCC(N3CCC(Oc4nccs4)CC3)CC2)cc2c(=O)n3ccccc3nc21. The van der Waals surface area contributed by atoms with E-state index in [1.54, 1.807) is 34.2 Å². The molecule has 1 amide bonds. The molecule has 2 fully saturated rings. The molecule has 2 aliphatic heterocycles. The lowest BCUT2D eigenvalue weighted by Gasteiger charge is -2.41. The quantitative estimate of drug-likeness (QED) is 0.386. The van der Waals surface area contributed by atoms with Crippen LogP contribution < -0.4 is 10.3 Å². The van der Waals surface area contributed by atoms with Crippen molar-refractivity contribution in [2.24, 2.45) is 0 Å². The molecule has 9 nitrogen and oxygen atoms in total. The van der Waals surface area contributed by atoms with Gasteiger partial charge in [0.25, 0.3) is 16.7 Å². The van der Waals surface area contributed by atoms with Gasteiger partial charge in [0.2, 0.25) is 0 Å². The van der Waals surface area contributed by atoms with E-state index in [0.29, 0.717) is 35.0 Å². The Balaban J connectivity index is 1.14. The molecule has 2 saturated heterocycles. The van der Waals surface area contributed by atoms with Gasteiger partial charge in [-0.15, -0.1) is 0 Å². The van der Waals surface area contributed by atoms with Gasteiger partial charge in [-0.3, -0.25) is 18.9 Å². The van der Waals surface area contributed by atoms with Crippen molar-refractivity contribution in [3.63, 3.8) is 0 Å². The monoisotopic (exact) mass is 520 g/mol. The lowest BCUT2D eigenvalue weighted by molar-refractivity contribution is 0.0420. The summed E-state index contributed by atoms with van der Waals surface area (Å²) in [5, 5.41) is 3.20. The second-order valence-corrected chi connectivity index (χ2v) is 10.8. The maximum absolute atomic E-state index is 13.7. The minimum Gasteiger partial charge on any atom is -0.467 e. The fourth-order valence-corrected chi connectivity index (χ4v) is 6.30. The Labute approximate surface area is 219 Å². The summed E-state index contributed by atoms with van der Waals surface area (Å²) in [6, 6.07) is 7.75. The van der Waals surface area contributed by atoms with Gasteiger partial charge in [-0.25, -0.2) is 9.97 Å². The van der Waals surface area contributed by atoms with Gasteiger partial charge in [-0.05, 0) is 50.3 Å². The summed E-state index contributed by atoms with van der Waals surface area (Å²) in [5.41, 5.74) is 1.62.